The normalized spacial score (nSPS) is 37.4. The minimum atomic E-state index is -0.534. The first-order chi connectivity index (χ1) is 7.65. The highest BCUT2D eigenvalue weighted by molar-refractivity contribution is 8.01. The molecule has 16 heavy (non-hydrogen) atoms. The number of carbonyl (C=O) groups is 1. The highest BCUT2D eigenvalue weighted by Crippen LogP contribution is 2.47. The van der Waals surface area contributed by atoms with Crippen LogP contribution < -0.4 is 0 Å². The van der Waals surface area contributed by atoms with Crippen molar-refractivity contribution in [2.45, 2.75) is 17.3 Å². The van der Waals surface area contributed by atoms with Crippen LogP contribution in [0.5, 0.6) is 0 Å². The SMILES string of the molecule is C=CCSC12CC(C#N)C(C=CC1=O)N2C. The van der Waals surface area contributed by atoms with Gasteiger partial charge < -0.3 is 0 Å². The Kier molecular flexibility index (Phi) is 2.92. The van der Waals surface area contributed by atoms with E-state index >= 15 is 0 Å². The van der Waals surface area contributed by atoms with Crippen molar-refractivity contribution in [2.24, 2.45) is 5.92 Å². The summed E-state index contributed by atoms with van der Waals surface area (Å²) in [4.78, 5) is 13.6. The van der Waals surface area contributed by atoms with Gasteiger partial charge in [-0.25, -0.2) is 0 Å². The van der Waals surface area contributed by atoms with Gasteiger partial charge in [0.05, 0.1) is 12.0 Å². The number of rotatable bonds is 3. The smallest absolute Gasteiger partial charge is 0.185 e. The molecular weight excluding hydrogens is 220 g/mol. The van der Waals surface area contributed by atoms with Gasteiger partial charge in [0.15, 0.2) is 5.78 Å². The summed E-state index contributed by atoms with van der Waals surface area (Å²) >= 11 is 1.58. The van der Waals surface area contributed by atoms with Crippen LogP contribution in [0.4, 0.5) is 0 Å². The minimum absolute atomic E-state index is 0.0787. The van der Waals surface area contributed by atoms with Crippen LogP contribution in [0.2, 0.25) is 0 Å². The van der Waals surface area contributed by atoms with Crippen LogP contribution in [-0.2, 0) is 4.79 Å². The third-order valence-corrected chi connectivity index (χ3v) is 4.90. The van der Waals surface area contributed by atoms with Gasteiger partial charge in [0.2, 0.25) is 0 Å². The van der Waals surface area contributed by atoms with Crippen molar-refractivity contribution in [1.29, 1.82) is 5.26 Å². The average Bonchev–Trinajstić information content (AvgIpc) is 2.47. The second-order valence-electron chi connectivity index (χ2n) is 4.15. The van der Waals surface area contributed by atoms with Crippen molar-refractivity contribution in [1.82, 2.24) is 4.90 Å². The molecule has 0 N–H and O–H groups in total. The van der Waals surface area contributed by atoms with E-state index in [1.807, 2.05) is 18.0 Å². The lowest BCUT2D eigenvalue weighted by Crippen LogP contribution is -2.49. The largest absolute Gasteiger partial charge is 0.292 e. The Morgan fingerprint density at radius 1 is 1.88 bits per heavy atom. The van der Waals surface area contributed by atoms with Gasteiger partial charge in [-0.15, -0.1) is 18.3 Å². The number of fused-ring (bicyclic) bond motifs is 2. The van der Waals surface area contributed by atoms with Crippen molar-refractivity contribution >= 4 is 17.5 Å². The molecule has 0 saturated carbocycles. The molecule has 3 unspecified atom stereocenters. The molecule has 2 aliphatic heterocycles. The number of ketones is 1. The summed E-state index contributed by atoms with van der Waals surface area (Å²) < 4.78 is 0. The van der Waals surface area contributed by atoms with E-state index in [-0.39, 0.29) is 17.7 Å². The molecule has 1 saturated heterocycles. The molecule has 2 heterocycles. The van der Waals surface area contributed by atoms with Gasteiger partial charge in [-0.1, -0.05) is 12.2 Å². The van der Waals surface area contributed by atoms with Crippen molar-refractivity contribution in [3.05, 3.63) is 24.8 Å². The molecule has 1 fully saturated rings. The molecule has 0 amide bonds. The quantitative estimate of drug-likeness (QED) is 0.695. The van der Waals surface area contributed by atoms with E-state index in [0.29, 0.717) is 6.42 Å². The molecule has 0 radical (unpaired) electrons. The molecule has 84 valence electrons. The van der Waals surface area contributed by atoms with Crippen molar-refractivity contribution in [2.75, 3.05) is 12.8 Å². The third-order valence-electron chi connectivity index (χ3n) is 3.36. The maximum absolute atomic E-state index is 12.1. The molecule has 4 heteroatoms. The Bertz CT molecular complexity index is 398. The Hall–Kier alpha value is -1.05. The van der Waals surface area contributed by atoms with E-state index in [1.54, 1.807) is 23.9 Å². The van der Waals surface area contributed by atoms with Gasteiger partial charge in [-0.3, -0.25) is 9.69 Å². The molecule has 0 aliphatic carbocycles. The van der Waals surface area contributed by atoms with Gasteiger partial charge in [-0.2, -0.15) is 5.26 Å². The molecule has 3 atom stereocenters. The predicted octanol–water partition coefficient (Wildman–Crippen LogP) is 1.58. The first-order valence-electron chi connectivity index (χ1n) is 5.26. The summed E-state index contributed by atoms with van der Waals surface area (Å²) in [5.41, 5.74) is 0. The Labute approximate surface area is 99.8 Å². The predicted molar refractivity (Wildman–Crippen MR) is 64.8 cm³/mol. The first kappa shape index (κ1) is 11.4. The van der Waals surface area contributed by atoms with Crippen LogP contribution in [-0.4, -0.2) is 34.4 Å². The fraction of sp³-hybridized carbons (Fsp3) is 0.500. The van der Waals surface area contributed by atoms with E-state index in [9.17, 15) is 4.79 Å². The highest BCUT2D eigenvalue weighted by Gasteiger charge is 2.55. The number of likely N-dealkylation sites (N-methyl/N-ethyl adjacent to an activating group) is 1. The van der Waals surface area contributed by atoms with E-state index in [0.717, 1.165) is 5.75 Å². The second-order valence-corrected chi connectivity index (χ2v) is 5.45. The van der Waals surface area contributed by atoms with Gasteiger partial charge >= 0.3 is 0 Å². The minimum Gasteiger partial charge on any atom is -0.292 e. The fourth-order valence-electron chi connectivity index (χ4n) is 2.48. The summed E-state index contributed by atoms with van der Waals surface area (Å²) in [6.07, 6.45) is 5.91. The van der Waals surface area contributed by atoms with E-state index < -0.39 is 4.87 Å². The van der Waals surface area contributed by atoms with Crippen LogP contribution in [0.3, 0.4) is 0 Å². The molecule has 0 aromatic carbocycles. The lowest BCUT2D eigenvalue weighted by Gasteiger charge is -2.37. The number of carbonyl (C=O) groups excluding carboxylic acids is 1. The molecule has 0 aromatic heterocycles. The van der Waals surface area contributed by atoms with Crippen LogP contribution in [0.15, 0.2) is 24.8 Å². The van der Waals surface area contributed by atoms with Gasteiger partial charge in [0.1, 0.15) is 4.87 Å². The van der Waals surface area contributed by atoms with Crippen LogP contribution in [0.25, 0.3) is 0 Å². The van der Waals surface area contributed by atoms with Crippen LogP contribution in [0, 0.1) is 17.2 Å². The van der Waals surface area contributed by atoms with Gasteiger partial charge in [0, 0.05) is 18.2 Å². The highest BCUT2D eigenvalue weighted by atomic mass is 32.2. The zero-order chi connectivity index (χ0) is 11.8. The van der Waals surface area contributed by atoms with Crippen molar-refractivity contribution in [3.63, 3.8) is 0 Å². The third kappa shape index (κ3) is 1.43. The van der Waals surface area contributed by atoms with Gasteiger partial charge in [-0.05, 0) is 13.1 Å². The molecular formula is C12H14N2OS. The van der Waals surface area contributed by atoms with E-state index in [4.69, 9.17) is 5.26 Å². The Balaban J connectivity index is 2.35. The zero-order valence-electron chi connectivity index (χ0n) is 9.22. The zero-order valence-corrected chi connectivity index (χ0v) is 10.0. The monoisotopic (exact) mass is 234 g/mol. The maximum atomic E-state index is 12.1. The fourth-order valence-corrected chi connectivity index (χ4v) is 3.70. The molecule has 2 bridgehead atoms. The number of thioether (sulfide) groups is 1. The van der Waals surface area contributed by atoms with Crippen molar-refractivity contribution in [3.8, 4) is 6.07 Å². The molecule has 3 nitrogen and oxygen atoms in total. The molecule has 2 aliphatic rings. The molecule has 0 aromatic rings. The lowest BCUT2D eigenvalue weighted by molar-refractivity contribution is -0.120. The van der Waals surface area contributed by atoms with Gasteiger partial charge in [0.25, 0.3) is 0 Å². The number of nitriles is 1. The second kappa shape index (κ2) is 4.08. The summed E-state index contributed by atoms with van der Waals surface area (Å²) in [5, 5.41) is 9.11. The topological polar surface area (TPSA) is 44.1 Å². The van der Waals surface area contributed by atoms with E-state index in [2.05, 4.69) is 12.6 Å². The standard InChI is InChI=1S/C12H14N2OS/c1-3-6-16-12-7-9(8-13)10(14(12)2)4-5-11(12)15/h3-5,9-10H,1,6-7H2,2H3. The Morgan fingerprint density at radius 3 is 3.25 bits per heavy atom. The Morgan fingerprint density at radius 2 is 2.62 bits per heavy atom. The number of hydrogen-bond acceptors (Lipinski definition) is 4. The summed E-state index contributed by atoms with van der Waals surface area (Å²) in [7, 11) is 1.93. The van der Waals surface area contributed by atoms with Crippen LogP contribution >= 0.6 is 11.8 Å². The van der Waals surface area contributed by atoms with Crippen LogP contribution in [0.1, 0.15) is 6.42 Å². The number of nitrogens with zero attached hydrogens (tertiary/aromatic N) is 2. The maximum Gasteiger partial charge on any atom is 0.185 e. The summed E-state index contributed by atoms with van der Waals surface area (Å²) in [6, 6.07) is 2.39. The van der Waals surface area contributed by atoms with E-state index in [1.165, 1.54) is 0 Å². The van der Waals surface area contributed by atoms with Crippen molar-refractivity contribution < 1.29 is 4.79 Å². The average molecular weight is 234 g/mol. The summed E-state index contributed by atoms with van der Waals surface area (Å²) in [6.45, 7) is 3.68. The number of hydrogen-bond donors (Lipinski definition) is 0. The molecule has 0 spiro atoms. The lowest BCUT2D eigenvalue weighted by atomic mass is 10.0. The first-order valence-corrected chi connectivity index (χ1v) is 6.24. The summed E-state index contributed by atoms with van der Waals surface area (Å²) in [5.74, 6) is 0.760. The molecule has 2 rings (SSSR count).